The van der Waals surface area contributed by atoms with E-state index < -0.39 is 0 Å². The molecule has 2 nitrogen and oxygen atoms in total. The molecule has 0 unspecified atom stereocenters. The molecule has 0 bridgehead atoms. The number of pyridine rings is 1. The smallest absolute Gasteiger partial charge is 0.134 e. The molecule has 0 aliphatic carbocycles. The highest BCUT2D eigenvalue weighted by Crippen LogP contribution is 2.31. The number of aromatic nitrogens is 1. The van der Waals surface area contributed by atoms with Gasteiger partial charge >= 0.3 is 0 Å². The minimum Gasteiger partial charge on any atom is -0.506 e. The molecule has 1 aromatic heterocycles. The van der Waals surface area contributed by atoms with Crippen LogP contribution < -0.4 is 0 Å². The van der Waals surface area contributed by atoms with E-state index in [1.807, 2.05) is 24.4 Å². The Morgan fingerprint density at radius 2 is 1.95 bits per heavy atom. The number of thioether (sulfide) groups is 1. The lowest BCUT2D eigenvalue weighted by atomic mass is 10.2. The van der Waals surface area contributed by atoms with Crippen LogP contribution in [0.25, 0.3) is 10.9 Å². The van der Waals surface area contributed by atoms with E-state index in [-0.39, 0.29) is 5.75 Å². The summed E-state index contributed by atoms with van der Waals surface area (Å²) in [6, 6.07) is 15.5. The molecule has 100 valence electrons. The fraction of sp³-hybridized carbons (Fsp3) is 0.0625. The third-order valence-electron chi connectivity index (χ3n) is 3.00. The third-order valence-corrected chi connectivity index (χ3v) is 4.42. The maximum absolute atomic E-state index is 9.42. The molecule has 0 spiro atoms. The molecular formula is C16H12ClNOS. The molecule has 0 aliphatic heterocycles. The molecule has 0 radical (unpaired) electrons. The van der Waals surface area contributed by atoms with Crippen LogP contribution in [0.3, 0.4) is 0 Å². The highest BCUT2D eigenvalue weighted by molar-refractivity contribution is 7.98. The summed E-state index contributed by atoms with van der Waals surface area (Å²) >= 11 is 7.63. The summed E-state index contributed by atoms with van der Waals surface area (Å²) in [6.45, 7) is 0. The SMILES string of the molecule is Oc1ccc(CSc2cccc3cccnc23)cc1Cl. The van der Waals surface area contributed by atoms with Crippen molar-refractivity contribution in [3.8, 4) is 5.75 Å². The van der Waals surface area contributed by atoms with Crippen molar-refractivity contribution < 1.29 is 5.11 Å². The quantitative estimate of drug-likeness (QED) is 0.699. The number of nitrogens with zero attached hydrogens (tertiary/aromatic N) is 1. The first kappa shape index (κ1) is 13.3. The van der Waals surface area contributed by atoms with Crippen LogP contribution in [0, 0.1) is 0 Å². The lowest BCUT2D eigenvalue weighted by molar-refractivity contribution is 0.475. The van der Waals surface area contributed by atoms with E-state index in [9.17, 15) is 5.11 Å². The second kappa shape index (κ2) is 5.73. The van der Waals surface area contributed by atoms with Gasteiger partial charge in [0.2, 0.25) is 0 Å². The molecule has 3 rings (SSSR count). The maximum Gasteiger partial charge on any atom is 0.134 e. The molecule has 0 saturated heterocycles. The van der Waals surface area contributed by atoms with Gasteiger partial charge in [0, 0.05) is 22.2 Å². The molecule has 4 heteroatoms. The topological polar surface area (TPSA) is 33.1 Å². The van der Waals surface area contributed by atoms with E-state index >= 15 is 0 Å². The van der Waals surface area contributed by atoms with E-state index in [0.717, 1.165) is 27.1 Å². The van der Waals surface area contributed by atoms with Crippen molar-refractivity contribution in [3.05, 3.63) is 65.3 Å². The van der Waals surface area contributed by atoms with Crippen LogP contribution in [0.2, 0.25) is 5.02 Å². The second-order valence-electron chi connectivity index (χ2n) is 4.41. The van der Waals surface area contributed by atoms with E-state index in [0.29, 0.717) is 5.02 Å². The van der Waals surface area contributed by atoms with Crippen molar-refractivity contribution in [2.75, 3.05) is 0 Å². The molecule has 2 aromatic carbocycles. The van der Waals surface area contributed by atoms with Crippen molar-refractivity contribution in [2.45, 2.75) is 10.6 Å². The lowest BCUT2D eigenvalue weighted by Gasteiger charge is -2.06. The zero-order valence-corrected chi connectivity index (χ0v) is 12.2. The Hall–Kier alpha value is -1.71. The number of rotatable bonds is 3. The van der Waals surface area contributed by atoms with Crippen LogP contribution >= 0.6 is 23.4 Å². The first-order chi connectivity index (χ1) is 9.74. The van der Waals surface area contributed by atoms with Crippen LogP contribution in [0.5, 0.6) is 5.75 Å². The Labute approximate surface area is 126 Å². The Morgan fingerprint density at radius 1 is 1.10 bits per heavy atom. The van der Waals surface area contributed by atoms with Gasteiger partial charge in [-0.3, -0.25) is 4.98 Å². The van der Waals surface area contributed by atoms with Crippen LogP contribution in [0.4, 0.5) is 0 Å². The maximum atomic E-state index is 9.42. The van der Waals surface area contributed by atoms with Gasteiger partial charge in [-0.1, -0.05) is 35.9 Å². The molecule has 3 aromatic rings. The summed E-state index contributed by atoms with van der Waals surface area (Å²) in [6.07, 6.45) is 1.81. The Morgan fingerprint density at radius 3 is 2.80 bits per heavy atom. The van der Waals surface area contributed by atoms with Gasteiger partial charge in [-0.15, -0.1) is 11.8 Å². The second-order valence-corrected chi connectivity index (χ2v) is 5.83. The molecule has 0 atom stereocenters. The highest BCUT2D eigenvalue weighted by Gasteiger charge is 2.04. The number of aromatic hydroxyl groups is 1. The Kier molecular flexibility index (Phi) is 3.81. The predicted molar refractivity (Wildman–Crippen MR) is 84.4 cm³/mol. The average Bonchev–Trinajstić information content (AvgIpc) is 2.48. The predicted octanol–water partition coefficient (Wildman–Crippen LogP) is 4.89. The molecule has 0 saturated carbocycles. The van der Waals surface area contributed by atoms with Gasteiger partial charge in [0.1, 0.15) is 5.75 Å². The molecular weight excluding hydrogens is 290 g/mol. The molecule has 20 heavy (non-hydrogen) atoms. The van der Waals surface area contributed by atoms with Gasteiger partial charge < -0.3 is 5.11 Å². The standard InChI is InChI=1S/C16H12ClNOS/c17-13-9-11(6-7-14(13)19)10-20-15-5-1-3-12-4-2-8-18-16(12)15/h1-9,19H,10H2. The molecule has 0 fully saturated rings. The van der Waals surface area contributed by atoms with Crippen molar-refractivity contribution >= 4 is 34.3 Å². The van der Waals surface area contributed by atoms with Gasteiger partial charge in [0.15, 0.2) is 0 Å². The van der Waals surface area contributed by atoms with E-state index in [1.54, 1.807) is 23.9 Å². The molecule has 0 aliphatic rings. The Balaban J connectivity index is 1.85. The Bertz CT molecular complexity index is 755. The van der Waals surface area contributed by atoms with Gasteiger partial charge in [0.05, 0.1) is 10.5 Å². The minimum absolute atomic E-state index is 0.118. The monoisotopic (exact) mass is 301 g/mol. The number of benzene rings is 2. The first-order valence-electron chi connectivity index (χ1n) is 6.18. The summed E-state index contributed by atoms with van der Waals surface area (Å²) in [7, 11) is 0. The summed E-state index contributed by atoms with van der Waals surface area (Å²) < 4.78 is 0. The molecule has 1 heterocycles. The molecule has 1 N–H and O–H groups in total. The summed E-state index contributed by atoms with van der Waals surface area (Å²) in [4.78, 5) is 5.58. The van der Waals surface area contributed by atoms with Crippen molar-refractivity contribution in [1.29, 1.82) is 0 Å². The van der Waals surface area contributed by atoms with Crippen LogP contribution in [0.1, 0.15) is 5.56 Å². The van der Waals surface area contributed by atoms with Crippen molar-refractivity contribution in [3.63, 3.8) is 0 Å². The normalized spacial score (nSPS) is 10.8. The number of phenolic OH excluding ortho intramolecular Hbond substituents is 1. The zero-order chi connectivity index (χ0) is 13.9. The van der Waals surface area contributed by atoms with Crippen LogP contribution in [-0.4, -0.2) is 10.1 Å². The lowest BCUT2D eigenvalue weighted by Crippen LogP contribution is -1.84. The van der Waals surface area contributed by atoms with Gasteiger partial charge in [-0.05, 0) is 29.8 Å². The summed E-state index contributed by atoms with van der Waals surface area (Å²) in [5.41, 5.74) is 2.09. The van der Waals surface area contributed by atoms with E-state index in [4.69, 9.17) is 11.6 Å². The van der Waals surface area contributed by atoms with Gasteiger partial charge in [-0.2, -0.15) is 0 Å². The number of para-hydroxylation sites is 1. The highest BCUT2D eigenvalue weighted by atomic mass is 35.5. The average molecular weight is 302 g/mol. The third kappa shape index (κ3) is 2.74. The van der Waals surface area contributed by atoms with Crippen molar-refractivity contribution in [2.24, 2.45) is 0 Å². The van der Waals surface area contributed by atoms with E-state index in [1.165, 1.54) is 0 Å². The number of phenols is 1. The van der Waals surface area contributed by atoms with Crippen LogP contribution in [-0.2, 0) is 5.75 Å². The number of hydrogen-bond acceptors (Lipinski definition) is 3. The summed E-state index contributed by atoms with van der Waals surface area (Å²) in [5, 5.41) is 10.9. The first-order valence-corrected chi connectivity index (χ1v) is 7.54. The largest absolute Gasteiger partial charge is 0.506 e. The van der Waals surface area contributed by atoms with Crippen molar-refractivity contribution in [1.82, 2.24) is 4.98 Å². The van der Waals surface area contributed by atoms with E-state index in [2.05, 4.69) is 23.2 Å². The zero-order valence-electron chi connectivity index (χ0n) is 10.6. The summed E-state index contributed by atoms with van der Waals surface area (Å²) in [5.74, 6) is 0.905. The minimum atomic E-state index is 0.118. The number of hydrogen-bond donors (Lipinski definition) is 1. The number of fused-ring (bicyclic) bond motifs is 1. The molecule has 0 amide bonds. The van der Waals surface area contributed by atoms with Gasteiger partial charge in [0.25, 0.3) is 0 Å². The fourth-order valence-corrected chi connectivity index (χ4v) is 3.18. The van der Waals surface area contributed by atoms with Crippen LogP contribution in [0.15, 0.2) is 59.6 Å². The number of halogens is 1. The van der Waals surface area contributed by atoms with Gasteiger partial charge in [-0.25, -0.2) is 0 Å². The fourth-order valence-electron chi connectivity index (χ4n) is 1.99.